The second kappa shape index (κ2) is 9.18. The summed E-state index contributed by atoms with van der Waals surface area (Å²) in [5.74, 6) is -2.64. The van der Waals surface area contributed by atoms with Crippen molar-refractivity contribution in [1.29, 1.82) is 0 Å². The molecule has 0 saturated carbocycles. The molecule has 0 amide bonds. The number of Topliss-reactive ketones (excluding diaryl/α,β-unsaturated/α-hetero) is 1. The first-order valence-corrected chi connectivity index (χ1v) is 10.6. The zero-order valence-electron chi connectivity index (χ0n) is 16.4. The SMILES string of the molecule is CCOC(=O)C1(C(=O)OCC)Oc2ccc(Br)cc2C1CC(=O)c1ccc(Cl)cc1. The van der Waals surface area contributed by atoms with E-state index in [1.807, 2.05) is 0 Å². The molecule has 1 atom stereocenters. The minimum absolute atomic E-state index is 0.0429. The first-order chi connectivity index (χ1) is 14.3. The van der Waals surface area contributed by atoms with Gasteiger partial charge in [-0.05, 0) is 56.3 Å². The summed E-state index contributed by atoms with van der Waals surface area (Å²) < 4.78 is 17.0. The van der Waals surface area contributed by atoms with E-state index in [2.05, 4.69) is 15.9 Å². The van der Waals surface area contributed by atoms with Crippen LogP contribution in [0.5, 0.6) is 5.75 Å². The molecule has 2 aromatic rings. The van der Waals surface area contributed by atoms with Crippen LogP contribution < -0.4 is 4.74 Å². The smallest absolute Gasteiger partial charge is 0.363 e. The quantitative estimate of drug-likeness (QED) is 0.314. The van der Waals surface area contributed by atoms with E-state index >= 15 is 0 Å². The summed E-state index contributed by atoms with van der Waals surface area (Å²) in [5, 5.41) is 0.498. The fourth-order valence-corrected chi connectivity index (χ4v) is 3.97. The second-order valence-electron chi connectivity index (χ2n) is 6.65. The molecule has 0 radical (unpaired) electrons. The topological polar surface area (TPSA) is 78.9 Å². The number of carbonyl (C=O) groups excluding carboxylic acids is 3. The molecule has 0 saturated heterocycles. The minimum Gasteiger partial charge on any atom is -0.463 e. The fourth-order valence-electron chi connectivity index (χ4n) is 3.47. The average Bonchev–Trinajstić information content (AvgIpc) is 3.03. The van der Waals surface area contributed by atoms with Crippen LogP contribution in [-0.4, -0.2) is 36.5 Å². The Balaban J connectivity index is 2.09. The van der Waals surface area contributed by atoms with Gasteiger partial charge < -0.3 is 14.2 Å². The van der Waals surface area contributed by atoms with Crippen molar-refractivity contribution in [2.45, 2.75) is 31.8 Å². The third-order valence-electron chi connectivity index (χ3n) is 4.82. The summed E-state index contributed by atoms with van der Waals surface area (Å²) >= 11 is 9.31. The van der Waals surface area contributed by atoms with Crippen LogP contribution in [0.25, 0.3) is 0 Å². The minimum atomic E-state index is -2.10. The lowest BCUT2D eigenvalue weighted by Crippen LogP contribution is -2.55. The maximum absolute atomic E-state index is 13.0. The van der Waals surface area contributed by atoms with Crippen molar-refractivity contribution in [1.82, 2.24) is 0 Å². The first kappa shape index (κ1) is 22.3. The van der Waals surface area contributed by atoms with Crippen LogP contribution in [0, 0.1) is 0 Å². The maximum atomic E-state index is 13.0. The highest BCUT2D eigenvalue weighted by Crippen LogP contribution is 2.49. The van der Waals surface area contributed by atoms with Crippen LogP contribution in [-0.2, 0) is 19.1 Å². The van der Waals surface area contributed by atoms with Gasteiger partial charge in [-0.3, -0.25) is 4.79 Å². The van der Waals surface area contributed by atoms with Crippen LogP contribution in [0.15, 0.2) is 46.9 Å². The maximum Gasteiger partial charge on any atom is 0.363 e. The Morgan fingerprint density at radius 3 is 2.20 bits per heavy atom. The van der Waals surface area contributed by atoms with Crippen molar-refractivity contribution in [2.24, 2.45) is 0 Å². The Kier molecular flexibility index (Phi) is 6.83. The summed E-state index contributed by atoms with van der Waals surface area (Å²) in [6.07, 6.45) is -0.164. The Bertz CT molecular complexity index is 954. The Hall–Kier alpha value is -2.38. The van der Waals surface area contributed by atoms with Gasteiger partial charge in [0.2, 0.25) is 0 Å². The molecule has 0 aromatic heterocycles. The summed E-state index contributed by atoms with van der Waals surface area (Å²) in [6.45, 7) is 3.34. The number of rotatable bonds is 7. The standard InChI is InChI=1S/C22H20BrClO6/c1-3-28-20(26)22(21(27)29-4-2)17(16-11-14(23)7-10-19(16)30-22)12-18(25)13-5-8-15(24)9-6-13/h5-11,17H,3-4,12H2,1-2H3. The van der Waals surface area contributed by atoms with Crippen molar-refractivity contribution in [3.8, 4) is 5.75 Å². The molecule has 158 valence electrons. The number of fused-ring (bicyclic) bond motifs is 1. The van der Waals surface area contributed by atoms with Crippen LogP contribution in [0.2, 0.25) is 5.02 Å². The number of benzene rings is 2. The lowest BCUT2D eigenvalue weighted by Gasteiger charge is -2.29. The predicted molar refractivity (Wildman–Crippen MR) is 114 cm³/mol. The second-order valence-corrected chi connectivity index (χ2v) is 8.00. The summed E-state index contributed by atoms with van der Waals surface area (Å²) in [7, 11) is 0. The molecular formula is C22H20BrClO6. The number of hydrogen-bond donors (Lipinski definition) is 0. The van der Waals surface area contributed by atoms with Gasteiger partial charge in [-0.2, -0.15) is 0 Å². The molecule has 0 N–H and O–H groups in total. The molecule has 1 unspecified atom stereocenters. The summed E-state index contributed by atoms with van der Waals surface area (Å²) in [5.41, 5.74) is -1.14. The molecule has 0 spiro atoms. The first-order valence-electron chi connectivity index (χ1n) is 9.45. The number of carbonyl (C=O) groups is 3. The van der Waals surface area contributed by atoms with Gasteiger partial charge >= 0.3 is 17.5 Å². The summed E-state index contributed by atoms with van der Waals surface area (Å²) in [6, 6.07) is 11.5. The fraction of sp³-hybridized carbons (Fsp3) is 0.318. The summed E-state index contributed by atoms with van der Waals surface area (Å²) in [4.78, 5) is 39.1. The van der Waals surface area contributed by atoms with Crippen molar-refractivity contribution >= 4 is 45.3 Å². The normalized spacial score (nSPS) is 16.3. The highest BCUT2D eigenvalue weighted by atomic mass is 79.9. The molecule has 0 fully saturated rings. The molecule has 0 bridgehead atoms. The zero-order chi connectivity index (χ0) is 21.9. The lowest BCUT2D eigenvalue weighted by molar-refractivity contribution is -0.180. The van der Waals surface area contributed by atoms with Gasteiger partial charge in [0.1, 0.15) is 5.75 Å². The van der Waals surface area contributed by atoms with E-state index in [9.17, 15) is 14.4 Å². The van der Waals surface area contributed by atoms with Crippen LogP contribution in [0.1, 0.15) is 42.1 Å². The molecule has 30 heavy (non-hydrogen) atoms. The van der Waals surface area contributed by atoms with Crippen molar-refractivity contribution in [3.05, 3.63) is 63.1 Å². The van der Waals surface area contributed by atoms with E-state index in [1.54, 1.807) is 56.3 Å². The van der Waals surface area contributed by atoms with Gasteiger partial charge in [-0.25, -0.2) is 9.59 Å². The van der Waals surface area contributed by atoms with E-state index in [4.69, 9.17) is 25.8 Å². The molecule has 1 aliphatic rings. The van der Waals surface area contributed by atoms with Crippen molar-refractivity contribution < 1.29 is 28.6 Å². The Morgan fingerprint density at radius 2 is 1.63 bits per heavy atom. The number of halogens is 2. The van der Waals surface area contributed by atoms with Gasteiger partial charge in [0.25, 0.3) is 0 Å². The lowest BCUT2D eigenvalue weighted by atomic mass is 9.79. The monoisotopic (exact) mass is 494 g/mol. The molecule has 8 heteroatoms. The number of esters is 2. The van der Waals surface area contributed by atoms with Crippen LogP contribution >= 0.6 is 27.5 Å². The highest BCUT2D eigenvalue weighted by Gasteiger charge is 2.63. The van der Waals surface area contributed by atoms with Crippen LogP contribution in [0.3, 0.4) is 0 Å². The molecular weight excluding hydrogens is 476 g/mol. The van der Waals surface area contributed by atoms with Crippen LogP contribution in [0.4, 0.5) is 0 Å². The molecule has 2 aromatic carbocycles. The van der Waals surface area contributed by atoms with Crippen molar-refractivity contribution in [3.63, 3.8) is 0 Å². The Morgan fingerprint density at radius 1 is 1.03 bits per heavy atom. The van der Waals surface area contributed by atoms with E-state index in [-0.39, 0.29) is 25.4 Å². The molecule has 1 heterocycles. The van der Waals surface area contributed by atoms with E-state index < -0.39 is 23.5 Å². The van der Waals surface area contributed by atoms with Gasteiger partial charge in [-0.1, -0.05) is 27.5 Å². The highest BCUT2D eigenvalue weighted by molar-refractivity contribution is 9.10. The molecule has 1 aliphatic heterocycles. The number of hydrogen-bond acceptors (Lipinski definition) is 6. The van der Waals surface area contributed by atoms with E-state index in [0.29, 0.717) is 21.9 Å². The van der Waals surface area contributed by atoms with Gasteiger partial charge in [0, 0.05) is 27.0 Å². The molecule has 6 nitrogen and oxygen atoms in total. The van der Waals surface area contributed by atoms with Gasteiger partial charge in [0.05, 0.1) is 19.1 Å². The number of ether oxygens (including phenoxy) is 3. The van der Waals surface area contributed by atoms with Gasteiger partial charge in [0.15, 0.2) is 5.78 Å². The number of ketones is 1. The molecule has 0 aliphatic carbocycles. The molecule has 3 rings (SSSR count). The third-order valence-corrected chi connectivity index (χ3v) is 5.57. The van der Waals surface area contributed by atoms with E-state index in [0.717, 1.165) is 4.47 Å². The largest absolute Gasteiger partial charge is 0.463 e. The average molecular weight is 496 g/mol. The van der Waals surface area contributed by atoms with Crippen molar-refractivity contribution in [2.75, 3.05) is 13.2 Å². The Labute approximate surface area is 187 Å². The third kappa shape index (κ3) is 4.09. The van der Waals surface area contributed by atoms with E-state index in [1.165, 1.54) is 0 Å². The zero-order valence-corrected chi connectivity index (χ0v) is 18.8. The van der Waals surface area contributed by atoms with Gasteiger partial charge in [-0.15, -0.1) is 0 Å². The predicted octanol–water partition coefficient (Wildman–Crippen LogP) is 4.72.